The fourth-order valence-corrected chi connectivity index (χ4v) is 4.71. The number of anilines is 1. The number of carbonyl (C=O) groups is 1. The van der Waals surface area contributed by atoms with Crippen LogP contribution in [0, 0.1) is 5.41 Å². The van der Waals surface area contributed by atoms with Crippen molar-refractivity contribution in [3.63, 3.8) is 0 Å². The second kappa shape index (κ2) is 8.97. The van der Waals surface area contributed by atoms with Crippen LogP contribution in [0.3, 0.4) is 0 Å². The van der Waals surface area contributed by atoms with Crippen LogP contribution in [0.4, 0.5) is 10.6 Å². The monoisotopic (exact) mass is 400 g/mol. The van der Waals surface area contributed by atoms with Gasteiger partial charge in [0.15, 0.2) is 0 Å². The first kappa shape index (κ1) is 19.9. The van der Waals surface area contributed by atoms with E-state index in [0.717, 1.165) is 31.9 Å². The number of nitrogens with one attached hydrogen (secondary N) is 4. The minimum absolute atomic E-state index is 0.00726. The normalized spacial score (nSPS) is 21.4. The quantitative estimate of drug-likeness (QED) is 0.569. The number of nitrogens with zero attached hydrogens (tertiary/aromatic N) is 2. The van der Waals surface area contributed by atoms with E-state index in [0.29, 0.717) is 36.8 Å². The fraction of sp³-hybridized carbons (Fsp3) is 0.714. The van der Waals surface area contributed by atoms with Gasteiger partial charge in [-0.15, -0.1) is 0 Å². The van der Waals surface area contributed by atoms with E-state index in [-0.39, 0.29) is 23.1 Å². The van der Waals surface area contributed by atoms with Crippen LogP contribution in [0.1, 0.15) is 81.5 Å². The molecule has 0 aromatic carbocycles. The van der Waals surface area contributed by atoms with Gasteiger partial charge in [-0.2, -0.15) is 0 Å². The molecule has 8 heteroatoms. The third-order valence-electron chi connectivity index (χ3n) is 6.55. The number of aromatic amines is 1. The number of aromatic nitrogens is 2. The summed E-state index contributed by atoms with van der Waals surface area (Å²) in [7, 11) is 0. The Labute approximate surface area is 171 Å². The first-order valence-corrected chi connectivity index (χ1v) is 11.1. The predicted octanol–water partition coefficient (Wildman–Crippen LogP) is 2.95. The lowest BCUT2D eigenvalue weighted by molar-refractivity contribution is 0.143. The molecule has 3 aliphatic rings. The minimum atomic E-state index is -0.284. The van der Waals surface area contributed by atoms with Crippen molar-refractivity contribution in [2.75, 3.05) is 18.4 Å². The number of hydrogen-bond donors (Lipinski definition) is 4. The van der Waals surface area contributed by atoms with Crippen molar-refractivity contribution in [2.45, 2.75) is 82.2 Å². The number of likely N-dealkylation sites (tertiary alicyclic amines) is 1. The van der Waals surface area contributed by atoms with Crippen molar-refractivity contribution in [2.24, 2.45) is 0 Å². The molecule has 2 heterocycles. The standard InChI is InChI=1S/C21H32N6O2/c22-11-17-19(23-15-7-3-1-4-8-15)25-18(26-20(17)28)14-12-27(13-14)21(29)24-16-9-5-2-6-10-16/h11,14-16,22H,1-10,12-13H2,(H,24,29)(H2,23,25,26,28). The third-order valence-corrected chi connectivity index (χ3v) is 6.55. The Morgan fingerprint density at radius 3 is 2.28 bits per heavy atom. The van der Waals surface area contributed by atoms with Crippen LogP contribution in [0.2, 0.25) is 0 Å². The molecule has 0 bridgehead atoms. The summed E-state index contributed by atoms with van der Waals surface area (Å²) in [5.41, 5.74) is -0.000962. The number of hydrogen-bond acceptors (Lipinski definition) is 5. The smallest absolute Gasteiger partial charge is 0.317 e. The highest BCUT2D eigenvalue weighted by molar-refractivity contribution is 5.83. The van der Waals surface area contributed by atoms with E-state index in [1.807, 2.05) is 0 Å². The Bertz CT molecular complexity index is 789. The summed E-state index contributed by atoms with van der Waals surface area (Å²) in [6.45, 7) is 1.13. The lowest BCUT2D eigenvalue weighted by atomic mass is 9.95. The first-order valence-electron chi connectivity index (χ1n) is 11.1. The largest absolute Gasteiger partial charge is 0.367 e. The molecule has 0 spiro atoms. The second-order valence-corrected chi connectivity index (χ2v) is 8.72. The molecule has 4 N–H and O–H groups in total. The number of rotatable bonds is 5. The molecule has 1 aromatic rings. The molecule has 29 heavy (non-hydrogen) atoms. The Kier molecular flexibility index (Phi) is 6.16. The summed E-state index contributed by atoms with van der Waals surface area (Å²) in [5, 5.41) is 14.1. The maximum absolute atomic E-state index is 12.5. The molecule has 0 radical (unpaired) electrons. The van der Waals surface area contributed by atoms with E-state index in [1.165, 1.54) is 38.5 Å². The molecular weight excluding hydrogens is 368 g/mol. The number of carbonyl (C=O) groups excluding carboxylic acids is 1. The Morgan fingerprint density at radius 1 is 1.03 bits per heavy atom. The highest BCUT2D eigenvalue weighted by Gasteiger charge is 2.35. The zero-order valence-electron chi connectivity index (χ0n) is 17.0. The van der Waals surface area contributed by atoms with Gasteiger partial charge < -0.3 is 25.9 Å². The van der Waals surface area contributed by atoms with Crippen LogP contribution in [0.25, 0.3) is 0 Å². The van der Waals surface area contributed by atoms with Gasteiger partial charge in [-0.1, -0.05) is 38.5 Å². The summed E-state index contributed by atoms with van der Waals surface area (Å²) in [6, 6.07) is 0.599. The van der Waals surface area contributed by atoms with E-state index < -0.39 is 0 Å². The SMILES string of the molecule is N=Cc1c(NC2CCCCC2)nc(C2CN(C(=O)NC3CCCCC3)C2)[nH]c1=O. The van der Waals surface area contributed by atoms with Gasteiger partial charge in [0.05, 0.1) is 11.5 Å². The lowest BCUT2D eigenvalue weighted by Gasteiger charge is -2.39. The maximum Gasteiger partial charge on any atom is 0.317 e. The molecule has 1 saturated heterocycles. The van der Waals surface area contributed by atoms with Gasteiger partial charge in [-0.05, 0) is 25.7 Å². The molecule has 2 aliphatic carbocycles. The van der Waals surface area contributed by atoms with E-state index in [2.05, 4.69) is 20.6 Å². The van der Waals surface area contributed by atoms with Gasteiger partial charge in [0, 0.05) is 31.4 Å². The molecule has 0 unspecified atom stereocenters. The van der Waals surface area contributed by atoms with Crippen LogP contribution >= 0.6 is 0 Å². The Hall–Kier alpha value is -2.38. The van der Waals surface area contributed by atoms with E-state index in [1.54, 1.807) is 4.90 Å². The number of H-pyrrole nitrogens is 1. The van der Waals surface area contributed by atoms with Crippen molar-refractivity contribution >= 4 is 18.1 Å². The highest BCUT2D eigenvalue weighted by Crippen LogP contribution is 2.27. The summed E-state index contributed by atoms with van der Waals surface area (Å²) < 4.78 is 0. The molecule has 8 nitrogen and oxygen atoms in total. The minimum Gasteiger partial charge on any atom is -0.367 e. The van der Waals surface area contributed by atoms with Crippen molar-refractivity contribution < 1.29 is 4.79 Å². The summed E-state index contributed by atoms with van der Waals surface area (Å²) in [4.78, 5) is 34.2. The molecule has 4 rings (SSSR count). The molecule has 2 saturated carbocycles. The Morgan fingerprint density at radius 2 is 1.66 bits per heavy atom. The molecule has 3 fully saturated rings. The lowest BCUT2D eigenvalue weighted by Crippen LogP contribution is -2.55. The van der Waals surface area contributed by atoms with E-state index in [4.69, 9.17) is 5.41 Å². The topological polar surface area (TPSA) is 114 Å². The van der Waals surface area contributed by atoms with Crippen molar-refractivity contribution in [1.82, 2.24) is 20.2 Å². The molecule has 1 aromatic heterocycles. The Balaban J connectivity index is 1.39. The number of amides is 2. The third kappa shape index (κ3) is 4.62. The van der Waals surface area contributed by atoms with Crippen LogP contribution in [0.15, 0.2) is 4.79 Å². The average Bonchev–Trinajstić information content (AvgIpc) is 2.68. The summed E-state index contributed by atoms with van der Waals surface area (Å²) >= 11 is 0. The summed E-state index contributed by atoms with van der Waals surface area (Å²) in [6.07, 6.45) is 12.6. The first-order chi connectivity index (χ1) is 14.1. The molecule has 1 aliphatic heterocycles. The van der Waals surface area contributed by atoms with Crippen molar-refractivity contribution in [3.8, 4) is 0 Å². The van der Waals surface area contributed by atoms with E-state index >= 15 is 0 Å². The van der Waals surface area contributed by atoms with Gasteiger partial charge in [0.1, 0.15) is 11.6 Å². The zero-order chi connectivity index (χ0) is 20.2. The zero-order valence-corrected chi connectivity index (χ0v) is 17.0. The van der Waals surface area contributed by atoms with Gasteiger partial charge in [0.2, 0.25) is 0 Å². The van der Waals surface area contributed by atoms with Gasteiger partial charge >= 0.3 is 6.03 Å². The molecule has 0 atom stereocenters. The van der Waals surface area contributed by atoms with Gasteiger partial charge in [-0.25, -0.2) is 9.78 Å². The average molecular weight is 401 g/mol. The van der Waals surface area contributed by atoms with Gasteiger partial charge in [-0.3, -0.25) is 4.79 Å². The van der Waals surface area contributed by atoms with Crippen LogP contribution in [-0.2, 0) is 0 Å². The van der Waals surface area contributed by atoms with Crippen LogP contribution in [0.5, 0.6) is 0 Å². The number of urea groups is 1. The van der Waals surface area contributed by atoms with Crippen molar-refractivity contribution in [3.05, 3.63) is 21.7 Å². The van der Waals surface area contributed by atoms with Crippen LogP contribution < -0.4 is 16.2 Å². The van der Waals surface area contributed by atoms with E-state index in [9.17, 15) is 9.59 Å². The van der Waals surface area contributed by atoms with Gasteiger partial charge in [0.25, 0.3) is 5.56 Å². The second-order valence-electron chi connectivity index (χ2n) is 8.72. The fourth-order valence-electron chi connectivity index (χ4n) is 4.71. The molecular formula is C21H32N6O2. The molecule has 2 amide bonds. The summed E-state index contributed by atoms with van der Waals surface area (Å²) in [5.74, 6) is 1.16. The maximum atomic E-state index is 12.5. The van der Waals surface area contributed by atoms with Crippen molar-refractivity contribution in [1.29, 1.82) is 5.41 Å². The van der Waals surface area contributed by atoms with Crippen LogP contribution in [-0.4, -0.2) is 52.3 Å². The molecule has 158 valence electrons. The predicted molar refractivity (Wildman–Crippen MR) is 113 cm³/mol. The highest BCUT2D eigenvalue weighted by atomic mass is 16.2.